The molecule has 0 atom stereocenters. The minimum absolute atomic E-state index is 1.03. The van der Waals surface area contributed by atoms with E-state index in [9.17, 15) is 0 Å². The first-order valence-electron chi connectivity index (χ1n) is 11.6. The first-order chi connectivity index (χ1) is 19.4. The van der Waals surface area contributed by atoms with E-state index < -0.39 is 12.6 Å². The van der Waals surface area contributed by atoms with Crippen molar-refractivity contribution in [3.8, 4) is 0 Å². The minimum atomic E-state index is -1.17. The van der Waals surface area contributed by atoms with Crippen LogP contribution in [0.5, 0.6) is 0 Å². The third-order valence-electron chi connectivity index (χ3n) is 4.81. The first-order valence-corrected chi connectivity index (χ1v) is 18.7. The van der Waals surface area contributed by atoms with Gasteiger partial charge in [-0.3, -0.25) is 0 Å². The quantitative estimate of drug-likeness (QED) is 0.0588. The Kier molecular flexibility index (Phi) is 19.2. The fraction of sp³-hybridized carbons (Fsp3) is 0.133. The molecule has 4 aromatic carbocycles. The molecule has 0 bridgehead atoms. The summed E-state index contributed by atoms with van der Waals surface area (Å²) in [5, 5.41) is 37.4. The maximum atomic E-state index is 7.61. The van der Waals surface area contributed by atoms with Gasteiger partial charge < -0.3 is 30.4 Å². The second kappa shape index (κ2) is 21.1. The fourth-order valence-corrected chi connectivity index (χ4v) is 3.47. The molecule has 0 spiro atoms. The van der Waals surface area contributed by atoms with Gasteiger partial charge in [-0.15, -0.1) is 70.1 Å². The third kappa shape index (κ3) is 12.5. The second-order valence-electron chi connectivity index (χ2n) is 7.81. The van der Waals surface area contributed by atoms with Crippen LogP contribution in [0.2, 0.25) is 0 Å². The normalized spacial score (nSPS) is 9.75. The number of halogens is 2. The summed E-state index contributed by atoms with van der Waals surface area (Å²) in [7, 11) is 0. The predicted molar refractivity (Wildman–Crippen MR) is 162 cm³/mol. The molecule has 10 heteroatoms. The molecule has 0 saturated heterocycles. The van der Waals surface area contributed by atoms with Crippen LogP contribution in [0.4, 0.5) is 0 Å². The van der Waals surface area contributed by atoms with Gasteiger partial charge in [0.25, 0.3) is 0 Å². The topological polar surface area (TPSA) is 107 Å². The zero-order chi connectivity index (χ0) is 29.9. The van der Waals surface area contributed by atoms with Crippen LogP contribution in [-0.2, 0) is 34.4 Å². The van der Waals surface area contributed by atoms with Gasteiger partial charge in [0.15, 0.2) is 0 Å². The van der Waals surface area contributed by atoms with E-state index in [1.165, 1.54) is 35.4 Å². The Balaban J connectivity index is 0.000000290. The molecule has 2 heterocycles. The molecule has 0 aliphatic rings. The average Bonchev–Trinajstić information content (AvgIpc) is 2.99. The average molecular weight is 853 g/mol. The van der Waals surface area contributed by atoms with E-state index in [0.29, 0.717) is 0 Å². The summed E-state index contributed by atoms with van der Waals surface area (Å²) in [5.74, 6) is 0. The molecular weight excluding hydrogens is 825 g/mol. The van der Waals surface area contributed by atoms with Gasteiger partial charge in [0.1, 0.15) is 12.6 Å². The van der Waals surface area contributed by atoms with Gasteiger partial charge in [-0.25, -0.2) is 0 Å². The number of aliphatic hydroxyl groups excluding tert-OH is 2. The molecular formula is C30H28Br2N2O4Pd2. The predicted octanol–water partition coefficient (Wildman–Crippen LogP) is 6.70. The van der Waals surface area contributed by atoms with Gasteiger partial charge >= 0.3 is 61.2 Å². The number of rotatable bonds is 0. The number of fused-ring (bicyclic) bond motifs is 6. The molecule has 216 valence electrons. The zero-order valence-corrected chi connectivity index (χ0v) is 27.7. The number of nitrogens with zero attached hydrogens (tertiary/aromatic N) is 2. The van der Waals surface area contributed by atoms with Crippen LogP contribution in [0.3, 0.4) is 0 Å². The van der Waals surface area contributed by atoms with E-state index in [4.69, 9.17) is 20.4 Å². The van der Waals surface area contributed by atoms with E-state index in [2.05, 4.69) is 132 Å². The van der Waals surface area contributed by atoms with Crippen molar-refractivity contribution >= 4 is 70.2 Å². The summed E-state index contributed by atoms with van der Waals surface area (Å²) in [6.45, 7) is 2.56. The SMILES string of the molecule is CC(O)O.CC(O)O.[Br][Pd+].[Br][Pd+].[c-]1cccc2ccc3cccnc3c12.[c-]1cccc2ccc3cccnc3c12. The summed E-state index contributed by atoms with van der Waals surface area (Å²) in [4.78, 5) is 8.76. The zero-order valence-electron chi connectivity index (χ0n) is 21.5. The number of pyridine rings is 2. The Bertz CT molecular complexity index is 1320. The molecule has 0 amide bonds. The molecule has 6 aromatic rings. The van der Waals surface area contributed by atoms with Crippen molar-refractivity contribution in [2.24, 2.45) is 0 Å². The van der Waals surface area contributed by atoms with Crippen molar-refractivity contribution in [3.63, 3.8) is 0 Å². The monoisotopic (exact) mass is 850 g/mol. The van der Waals surface area contributed by atoms with Crippen molar-refractivity contribution in [2.45, 2.75) is 26.4 Å². The van der Waals surface area contributed by atoms with Crippen molar-refractivity contribution in [3.05, 3.63) is 109 Å². The molecule has 0 aliphatic carbocycles. The van der Waals surface area contributed by atoms with Gasteiger partial charge in [0.2, 0.25) is 0 Å². The van der Waals surface area contributed by atoms with Crippen LogP contribution in [0, 0.1) is 12.1 Å². The molecule has 0 fully saturated rings. The molecule has 0 saturated carbocycles. The van der Waals surface area contributed by atoms with Crippen LogP contribution in [-0.4, -0.2) is 43.0 Å². The van der Waals surface area contributed by atoms with Crippen LogP contribution in [0.1, 0.15) is 13.8 Å². The third-order valence-corrected chi connectivity index (χ3v) is 4.81. The van der Waals surface area contributed by atoms with Gasteiger partial charge in [-0.1, -0.05) is 36.4 Å². The van der Waals surface area contributed by atoms with Crippen LogP contribution < -0.4 is 0 Å². The number of hydrogen-bond donors (Lipinski definition) is 4. The van der Waals surface area contributed by atoms with Crippen molar-refractivity contribution in [1.82, 2.24) is 9.97 Å². The van der Waals surface area contributed by atoms with Gasteiger partial charge in [-0.05, 0) is 47.8 Å². The van der Waals surface area contributed by atoms with Crippen molar-refractivity contribution in [1.29, 1.82) is 0 Å². The van der Waals surface area contributed by atoms with E-state index in [1.54, 1.807) is 0 Å². The second-order valence-corrected chi connectivity index (χ2v) is 7.81. The number of aliphatic hydroxyl groups is 4. The van der Waals surface area contributed by atoms with Gasteiger partial charge in [-0.2, -0.15) is 0 Å². The maximum Gasteiger partial charge on any atom is 0.0161 e. The summed E-state index contributed by atoms with van der Waals surface area (Å²) < 4.78 is 0. The maximum absolute atomic E-state index is 7.61. The number of hydrogen-bond acceptors (Lipinski definition) is 6. The Morgan fingerprint density at radius 1 is 0.550 bits per heavy atom. The van der Waals surface area contributed by atoms with Crippen molar-refractivity contribution < 1.29 is 54.8 Å². The molecule has 0 aliphatic heterocycles. The van der Waals surface area contributed by atoms with E-state index >= 15 is 0 Å². The van der Waals surface area contributed by atoms with Crippen LogP contribution >= 0.6 is 26.9 Å². The molecule has 4 N–H and O–H groups in total. The molecule has 6 nitrogen and oxygen atoms in total. The summed E-state index contributed by atoms with van der Waals surface area (Å²) in [6, 6.07) is 34.9. The smallest absolute Gasteiger partial charge is 0.0161 e. The summed E-state index contributed by atoms with van der Waals surface area (Å²) >= 11 is 10.7. The first kappa shape index (κ1) is 36.4. The molecule has 2 aromatic heterocycles. The largest absolute Gasteiger partial charge is 0.304 e. The van der Waals surface area contributed by atoms with Crippen molar-refractivity contribution in [2.75, 3.05) is 0 Å². The number of benzene rings is 4. The summed E-state index contributed by atoms with van der Waals surface area (Å²) in [5.41, 5.74) is 2.07. The standard InChI is InChI=1S/2C13H8N.2C2H6O2.2BrH.2Pd/c2*1-2-6-12-10(4-1)7-8-11-5-3-9-14-13(11)12;2*1-2(3)4;;;;/h2*1-5,7-9H;2*2-4H,1H3;2*1H;;/q2*-1;;;;;2*+2/p-2. The molecule has 0 unspecified atom stereocenters. The van der Waals surface area contributed by atoms with E-state index in [1.807, 2.05) is 48.8 Å². The minimum Gasteiger partial charge on any atom is -0.304 e. The van der Waals surface area contributed by atoms with Gasteiger partial charge in [0, 0.05) is 12.4 Å². The Morgan fingerprint density at radius 2 is 0.850 bits per heavy atom. The Labute approximate surface area is 268 Å². The Morgan fingerprint density at radius 3 is 1.20 bits per heavy atom. The number of aromatic nitrogens is 2. The van der Waals surface area contributed by atoms with E-state index in [-0.39, 0.29) is 0 Å². The van der Waals surface area contributed by atoms with Gasteiger partial charge in [0.05, 0.1) is 0 Å². The molecule has 6 rings (SSSR count). The van der Waals surface area contributed by atoms with E-state index in [0.717, 1.165) is 21.8 Å². The van der Waals surface area contributed by atoms with Crippen LogP contribution in [0.15, 0.2) is 97.3 Å². The molecule has 0 radical (unpaired) electrons. The summed E-state index contributed by atoms with van der Waals surface area (Å²) in [6.07, 6.45) is 1.31. The fourth-order valence-electron chi connectivity index (χ4n) is 3.47. The molecule has 40 heavy (non-hydrogen) atoms. The van der Waals surface area contributed by atoms with Crippen LogP contribution in [0.25, 0.3) is 43.4 Å². The Hall–Kier alpha value is -1.66.